The van der Waals surface area contributed by atoms with E-state index in [1.807, 2.05) is 0 Å². The molecule has 0 saturated heterocycles. The van der Waals surface area contributed by atoms with Gasteiger partial charge < -0.3 is 15.9 Å². The highest BCUT2D eigenvalue weighted by Crippen LogP contribution is 2.28. The van der Waals surface area contributed by atoms with E-state index < -0.39 is 28.9 Å². The van der Waals surface area contributed by atoms with Crippen molar-refractivity contribution in [2.45, 2.75) is 18.6 Å². The van der Waals surface area contributed by atoms with Gasteiger partial charge in [0.15, 0.2) is 5.82 Å². The largest absolute Gasteiger partial charge is 0.390 e. The van der Waals surface area contributed by atoms with Crippen molar-refractivity contribution in [3.8, 4) is 0 Å². The Morgan fingerprint density at radius 2 is 1.94 bits per heavy atom. The number of halogens is 3. The minimum Gasteiger partial charge on any atom is -0.390 e. The SMILES string of the molecule is NCCC(O)C(O)c1ccc(F)c(Cl)c1F. The molecule has 0 spiro atoms. The van der Waals surface area contributed by atoms with Crippen molar-refractivity contribution in [1.82, 2.24) is 0 Å². The maximum absolute atomic E-state index is 13.4. The van der Waals surface area contributed by atoms with E-state index in [4.69, 9.17) is 17.3 Å². The molecular weight excluding hydrogens is 240 g/mol. The Bertz CT molecular complexity index is 376. The van der Waals surface area contributed by atoms with Crippen molar-refractivity contribution >= 4 is 11.6 Å². The fourth-order valence-electron chi connectivity index (χ4n) is 1.31. The highest BCUT2D eigenvalue weighted by atomic mass is 35.5. The molecule has 0 aliphatic rings. The average molecular weight is 252 g/mol. The summed E-state index contributed by atoms with van der Waals surface area (Å²) in [7, 11) is 0. The topological polar surface area (TPSA) is 66.5 Å². The van der Waals surface area contributed by atoms with Crippen LogP contribution in [-0.4, -0.2) is 22.9 Å². The van der Waals surface area contributed by atoms with E-state index in [2.05, 4.69) is 0 Å². The zero-order chi connectivity index (χ0) is 12.3. The van der Waals surface area contributed by atoms with Gasteiger partial charge in [-0.05, 0) is 19.0 Å². The lowest BCUT2D eigenvalue weighted by atomic mass is 10.0. The third-order valence-corrected chi connectivity index (χ3v) is 2.56. The summed E-state index contributed by atoms with van der Waals surface area (Å²) in [6.07, 6.45) is -2.57. The monoisotopic (exact) mass is 251 g/mol. The van der Waals surface area contributed by atoms with Gasteiger partial charge >= 0.3 is 0 Å². The molecular formula is C10H12ClF2NO2. The Morgan fingerprint density at radius 3 is 2.50 bits per heavy atom. The van der Waals surface area contributed by atoms with Crippen LogP contribution >= 0.6 is 11.6 Å². The van der Waals surface area contributed by atoms with E-state index in [9.17, 15) is 19.0 Å². The van der Waals surface area contributed by atoms with Gasteiger partial charge in [0, 0.05) is 5.56 Å². The number of hydrogen-bond acceptors (Lipinski definition) is 3. The molecule has 16 heavy (non-hydrogen) atoms. The lowest BCUT2D eigenvalue weighted by Crippen LogP contribution is -2.22. The van der Waals surface area contributed by atoms with Crippen LogP contribution in [0.25, 0.3) is 0 Å². The first-order chi connectivity index (χ1) is 7.49. The standard InChI is InChI=1S/C10H12ClF2NO2/c11-8-6(12)2-1-5(9(8)13)10(16)7(15)3-4-14/h1-2,7,10,15-16H,3-4,14H2. The molecule has 0 heterocycles. The molecule has 0 fully saturated rings. The normalized spacial score (nSPS) is 14.9. The highest BCUT2D eigenvalue weighted by molar-refractivity contribution is 6.30. The van der Waals surface area contributed by atoms with Crippen LogP contribution in [0.1, 0.15) is 18.1 Å². The first-order valence-corrected chi connectivity index (χ1v) is 5.06. The van der Waals surface area contributed by atoms with Crippen LogP contribution in [0.3, 0.4) is 0 Å². The molecule has 1 aromatic carbocycles. The first-order valence-electron chi connectivity index (χ1n) is 4.68. The van der Waals surface area contributed by atoms with E-state index in [0.29, 0.717) is 0 Å². The van der Waals surface area contributed by atoms with Gasteiger partial charge in [-0.15, -0.1) is 0 Å². The van der Waals surface area contributed by atoms with Gasteiger partial charge in [0.05, 0.1) is 6.10 Å². The molecule has 1 aromatic rings. The summed E-state index contributed by atoms with van der Waals surface area (Å²) in [6, 6.07) is 1.97. The van der Waals surface area contributed by atoms with Crippen molar-refractivity contribution in [2.24, 2.45) is 5.73 Å². The molecule has 0 bridgehead atoms. The third-order valence-electron chi connectivity index (χ3n) is 2.21. The molecule has 6 heteroatoms. The van der Waals surface area contributed by atoms with Crippen molar-refractivity contribution in [2.75, 3.05) is 6.54 Å². The summed E-state index contributed by atoms with van der Waals surface area (Å²) in [5, 5.41) is 18.3. The molecule has 4 N–H and O–H groups in total. The summed E-state index contributed by atoms with van der Waals surface area (Å²) < 4.78 is 26.3. The molecule has 0 aliphatic carbocycles. The predicted octanol–water partition coefficient (Wildman–Crippen LogP) is 1.36. The van der Waals surface area contributed by atoms with Gasteiger partial charge in [0.2, 0.25) is 0 Å². The lowest BCUT2D eigenvalue weighted by molar-refractivity contribution is 0.0129. The second-order valence-electron chi connectivity index (χ2n) is 3.35. The second kappa shape index (κ2) is 5.54. The zero-order valence-corrected chi connectivity index (χ0v) is 9.09. The van der Waals surface area contributed by atoms with Gasteiger partial charge in [0.1, 0.15) is 16.9 Å². The smallest absolute Gasteiger partial charge is 0.150 e. The Hall–Kier alpha value is -0.750. The van der Waals surface area contributed by atoms with Crippen LogP contribution in [0.5, 0.6) is 0 Å². The number of aliphatic hydroxyl groups is 2. The summed E-state index contributed by atoms with van der Waals surface area (Å²) in [4.78, 5) is 0. The summed E-state index contributed by atoms with van der Waals surface area (Å²) in [5.74, 6) is -1.98. The molecule has 2 atom stereocenters. The van der Waals surface area contributed by atoms with Crippen LogP contribution in [0.4, 0.5) is 8.78 Å². The van der Waals surface area contributed by atoms with Crippen LogP contribution in [-0.2, 0) is 0 Å². The van der Waals surface area contributed by atoms with Gasteiger partial charge in [-0.1, -0.05) is 17.7 Å². The van der Waals surface area contributed by atoms with Gasteiger partial charge in [-0.2, -0.15) is 0 Å². The van der Waals surface area contributed by atoms with Crippen LogP contribution in [0.2, 0.25) is 5.02 Å². The van der Waals surface area contributed by atoms with E-state index in [1.165, 1.54) is 0 Å². The Morgan fingerprint density at radius 1 is 1.31 bits per heavy atom. The number of hydrogen-bond donors (Lipinski definition) is 3. The molecule has 2 unspecified atom stereocenters. The summed E-state index contributed by atoms with van der Waals surface area (Å²) in [6.45, 7) is 0.148. The quantitative estimate of drug-likeness (QED) is 0.708. The number of nitrogens with two attached hydrogens (primary N) is 1. The van der Waals surface area contributed by atoms with E-state index in [-0.39, 0.29) is 18.5 Å². The number of benzene rings is 1. The van der Waals surface area contributed by atoms with Crippen LogP contribution in [0, 0.1) is 11.6 Å². The Labute approximate surface area is 96.5 Å². The molecule has 0 aromatic heterocycles. The fourth-order valence-corrected chi connectivity index (χ4v) is 1.48. The van der Waals surface area contributed by atoms with Gasteiger partial charge in [-0.25, -0.2) is 8.78 Å². The van der Waals surface area contributed by atoms with E-state index in [1.54, 1.807) is 0 Å². The number of aliphatic hydroxyl groups excluding tert-OH is 2. The summed E-state index contributed by atoms with van der Waals surface area (Å²) >= 11 is 5.34. The first kappa shape index (κ1) is 13.3. The lowest BCUT2D eigenvalue weighted by Gasteiger charge is -2.18. The van der Waals surface area contributed by atoms with E-state index in [0.717, 1.165) is 12.1 Å². The van der Waals surface area contributed by atoms with Crippen molar-refractivity contribution in [3.63, 3.8) is 0 Å². The molecule has 0 radical (unpaired) electrons. The maximum Gasteiger partial charge on any atom is 0.150 e. The van der Waals surface area contributed by atoms with Crippen LogP contribution < -0.4 is 5.73 Å². The van der Waals surface area contributed by atoms with Gasteiger partial charge in [-0.3, -0.25) is 0 Å². The Kier molecular flexibility index (Phi) is 4.61. The maximum atomic E-state index is 13.4. The van der Waals surface area contributed by atoms with Gasteiger partial charge in [0.25, 0.3) is 0 Å². The zero-order valence-electron chi connectivity index (χ0n) is 8.33. The second-order valence-corrected chi connectivity index (χ2v) is 3.73. The third kappa shape index (κ3) is 2.68. The fraction of sp³-hybridized carbons (Fsp3) is 0.400. The van der Waals surface area contributed by atoms with Crippen LogP contribution in [0.15, 0.2) is 12.1 Å². The van der Waals surface area contributed by atoms with Crippen molar-refractivity contribution < 1.29 is 19.0 Å². The molecule has 3 nitrogen and oxygen atoms in total. The Balaban J connectivity index is 3.00. The predicted molar refractivity (Wildman–Crippen MR) is 56.0 cm³/mol. The molecule has 0 saturated carbocycles. The summed E-state index contributed by atoms with van der Waals surface area (Å²) in [5.41, 5.74) is 4.94. The molecule has 1 rings (SSSR count). The highest BCUT2D eigenvalue weighted by Gasteiger charge is 2.23. The minimum atomic E-state index is -1.47. The average Bonchev–Trinajstić information content (AvgIpc) is 2.26. The minimum absolute atomic E-state index is 0.107. The molecule has 0 aliphatic heterocycles. The number of rotatable bonds is 4. The molecule has 90 valence electrons. The van der Waals surface area contributed by atoms with E-state index >= 15 is 0 Å². The van der Waals surface area contributed by atoms with Crippen molar-refractivity contribution in [1.29, 1.82) is 0 Å². The van der Waals surface area contributed by atoms with Crippen molar-refractivity contribution in [3.05, 3.63) is 34.4 Å². The molecule has 0 amide bonds.